The van der Waals surface area contributed by atoms with Gasteiger partial charge < -0.3 is 9.83 Å². The fourth-order valence-electron chi connectivity index (χ4n) is 1.45. The summed E-state index contributed by atoms with van der Waals surface area (Å²) >= 11 is 0.761. The molecule has 0 aliphatic rings. The van der Waals surface area contributed by atoms with E-state index in [9.17, 15) is 13.2 Å². The molecule has 0 unspecified atom stereocenters. The van der Waals surface area contributed by atoms with E-state index in [1.807, 2.05) is 0 Å². The number of nitrogens with one attached hydrogen (secondary N) is 1. The van der Waals surface area contributed by atoms with Crippen LogP contribution in [0.4, 0.5) is 18.9 Å². The number of halogens is 3. The van der Waals surface area contributed by atoms with Crippen molar-refractivity contribution in [1.82, 2.24) is 0 Å². The Morgan fingerprint density at radius 3 is 2.63 bits per heavy atom. The van der Waals surface area contributed by atoms with Gasteiger partial charge in [-0.15, -0.1) is 0 Å². The van der Waals surface area contributed by atoms with E-state index in [1.54, 1.807) is 6.07 Å². The van der Waals surface area contributed by atoms with Crippen molar-refractivity contribution in [2.45, 2.75) is 11.5 Å². The first-order valence-corrected chi connectivity index (χ1v) is 6.19. The fraction of sp³-hybridized carbons (Fsp3) is 0.0769. The molecule has 2 nitrogen and oxygen atoms in total. The van der Waals surface area contributed by atoms with E-state index in [0.717, 1.165) is 30.1 Å². The van der Waals surface area contributed by atoms with E-state index in [-0.39, 0.29) is 16.1 Å². The molecule has 0 saturated carbocycles. The highest BCUT2D eigenvalue weighted by Crippen LogP contribution is 2.27. The number of rotatable bonds is 4. The molecule has 0 fully saturated rings. The van der Waals surface area contributed by atoms with Gasteiger partial charge in [0.15, 0.2) is 5.82 Å². The van der Waals surface area contributed by atoms with Crippen molar-refractivity contribution in [3.05, 3.63) is 59.4 Å². The number of hydrogen-bond donors (Lipinski definition) is 2. The van der Waals surface area contributed by atoms with Crippen LogP contribution in [0.2, 0.25) is 0 Å². The number of aliphatic hydroxyl groups is 1. The molecule has 19 heavy (non-hydrogen) atoms. The molecule has 2 aromatic rings. The van der Waals surface area contributed by atoms with E-state index in [4.69, 9.17) is 5.11 Å². The average molecular weight is 285 g/mol. The quantitative estimate of drug-likeness (QED) is 0.840. The molecule has 0 aliphatic carbocycles. The maximum absolute atomic E-state index is 13.8. The molecule has 0 bridgehead atoms. The van der Waals surface area contributed by atoms with Crippen molar-refractivity contribution in [1.29, 1.82) is 0 Å². The van der Waals surface area contributed by atoms with Crippen LogP contribution in [0, 0.1) is 17.5 Å². The summed E-state index contributed by atoms with van der Waals surface area (Å²) in [5, 5.41) is 8.92. The van der Waals surface area contributed by atoms with Gasteiger partial charge in [-0.05, 0) is 36.2 Å². The Hall–Kier alpha value is -1.66. The Morgan fingerprint density at radius 2 is 1.89 bits per heavy atom. The van der Waals surface area contributed by atoms with Gasteiger partial charge in [-0.25, -0.2) is 13.2 Å². The summed E-state index contributed by atoms with van der Waals surface area (Å²) in [5.74, 6) is -1.79. The Labute approximate surface area is 112 Å². The zero-order valence-corrected chi connectivity index (χ0v) is 10.5. The van der Waals surface area contributed by atoms with Crippen molar-refractivity contribution >= 4 is 17.6 Å². The number of hydrogen-bond acceptors (Lipinski definition) is 3. The van der Waals surface area contributed by atoms with Gasteiger partial charge in [0.1, 0.15) is 11.6 Å². The first kappa shape index (κ1) is 13.8. The van der Waals surface area contributed by atoms with Gasteiger partial charge in [0.05, 0.1) is 17.2 Å². The molecule has 0 aromatic heterocycles. The summed E-state index contributed by atoms with van der Waals surface area (Å²) in [6.45, 7) is -0.430. The molecule has 0 saturated heterocycles. The summed E-state index contributed by atoms with van der Waals surface area (Å²) in [6, 6.07) is 7.46. The van der Waals surface area contributed by atoms with Crippen LogP contribution in [-0.2, 0) is 6.61 Å². The van der Waals surface area contributed by atoms with Crippen molar-refractivity contribution in [2.24, 2.45) is 0 Å². The van der Waals surface area contributed by atoms with Crippen LogP contribution in [0.25, 0.3) is 0 Å². The predicted octanol–water partition coefficient (Wildman–Crippen LogP) is 3.72. The Morgan fingerprint density at radius 1 is 1.11 bits per heavy atom. The second kappa shape index (κ2) is 5.99. The largest absolute Gasteiger partial charge is 0.392 e. The van der Waals surface area contributed by atoms with Crippen LogP contribution in [0.15, 0.2) is 41.3 Å². The SMILES string of the molecule is OCc1cccc(NSc2cc(F)ccc2F)c1F. The van der Waals surface area contributed by atoms with Crippen LogP contribution >= 0.6 is 11.9 Å². The molecular weight excluding hydrogens is 275 g/mol. The normalized spacial score (nSPS) is 10.5. The number of anilines is 1. The summed E-state index contributed by atoms with van der Waals surface area (Å²) in [4.78, 5) is 0.0220. The first-order chi connectivity index (χ1) is 9.11. The minimum Gasteiger partial charge on any atom is -0.392 e. The summed E-state index contributed by atoms with van der Waals surface area (Å²) < 4.78 is 42.7. The first-order valence-electron chi connectivity index (χ1n) is 5.38. The highest BCUT2D eigenvalue weighted by atomic mass is 32.2. The molecule has 0 radical (unpaired) electrons. The van der Waals surface area contributed by atoms with Gasteiger partial charge >= 0.3 is 0 Å². The third-order valence-corrected chi connectivity index (χ3v) is 3.27. The second-order valence-electron chi connectivity index (χ2n) is 3.72. The summed E-state index contributed by atoms with van der Waals surface area (Å²) in [7, 11) is 0. The van der Waals surface area contributed by atoms with Crippen molar-refractivity contribution in [3.63, 3.8) is 0 Å². The minimum absolute atomic E-state index is 0.0220. The third-order valence-electron chi connectivity index (χ3n) is 2.41. The fourth-order valence-corrected chi connectivity index (χ4v) is 2.16. The van der Waals surface area contributed by atoms with Gasteiger partial charge in [-0.3, -0.25) is 0 Å². The lowest BCUT2D eigenvalue weighted by molar-refractivity contribution is 0.276. The van der Waals surface area contributed by atoms with Gasteiger partial charge in [0.25, 0.3) is 0 Å². The lowest BCUT2D eigenvalue weighted by atomic mass is 10.2. The zero-order valence-electron chi connectivity index (χ0n) is 9.66. The second-order valence-corrected chi connectivity index (χ2v) is 4.56. The summed E-state index contributed by atoms with van der Waals surface area (Å²) in [6.07, 6.45) is 0. The molecule has 2 rings (SSSR count). The van der Waals surface area contributed by atoms with Gasteiger partial charge in [0, 0.05) is 5.56 Å². The molecule has 6 heteroatoms. The van der Waals surface area contributed by atoms with E-state index in [2.05, 4.69) is 4.72 Å². The van der Waals surface area contributed by atoms with Gasteiger partial charge in [-0.2, -0.15) is 0 Å². The van der Waals surface area contributed by atoms with Crippen LogP contribution in [0.3, 0.4) is 0 Å². The lowest BCUT2D eigenvalue weighted by Gasteiger charge is -2.09. The molecule has 2 aromatic carbocycles. The van der Waals surface area contributed by atoms with Crippen LogP contribution in [-0.4, -0.2) is 5.11 Å². The lowest BCUT2D eigenvalue weighted by Crippen LogP contribution is -1.97. The topological polar surface area (TPSA) is 32.3 Å². The van der Waals surface area contributed by atoms with E-state index < -0.39 is 24.1 Å². The van der Waals surface area contributed by atoms with Gasteiger partial charge in [0.2, 0.25) is 0 Å². The number of aliphatic hydroxyl groups excluding tert-OH is 1. The molecular formula is C13H10F3NOS. The molecule has 0 amide bonds. The Kier molecular flexibility index (Phi) is 4.34. The van der Waals surface area contributed by atoms with E-state index >= 15 is 0 Å². The number of benzene rings is 2. The maximum Gasteiger partial charge on any atom is 0.152 e. The van der Waals surface area contributed by atoms with Crippen LogP contribution < -0.4 is 4.72 Å². The molecule has 0 aliphatic heterocycles. The van der Waals surface area contributed by atoms with Crippen LogP contribution in [0.5, 0.6) is 0 Å². The molecule has 0 atom stereocenters. The molecule has 100 valence electrons. The average Bonchev–Trinajstić information content (AvgIpc) is 2.41. The predicted molar refractivity (Wildman–Crippen MR) is 68.2 cm³/mol. The van der Waals surface area contributed by atoms with E-state index in [1.165, 1.54) is 12.1 Å². The van der Waals surface area contributed by atoms with Crippen molar-refractivity contribution < 1.29 is 18.3 Å². The Balaban J connectivity index is 2.17. The standard InChI is InChI=1S/C13H10F3NOS/c14-9-4-5-10(15)12(6-9)19-17-11-3-1-2-8(7-18)13(11)16/h1-6,17-18H,7H2. The third kappa shape index (κ3) is 3.21. The summed E-state index contributed by atoms with van der Waals surface area (Å²) in [5.41, 5.74) is 0.227. The zero-order chi connectivity index (χ0) is 13.8. The Bertz CT molecular complexity index is 592. The van der Waals surface area contributed by atoms with Crippen molar-refractivity contribution in [2.75, 3.05) is 4.72 Å². The minimum atomic E-state index is -0.616. The maximum atomic E-state index is 13.8. The monoisotopic (exact) mass is 285 g/mol. The van der Waals surface area contributed by atoms with E-state index in [0.29, 0.717) is 0 Å². The van der Waals surface area contributed by atoms with Crippen LogP contribution in [0.1, 0.15) is 5.56 Å². The highest BCUT2D eigenvalue weighted by Gasteiger charge is 2.09. The van der Waals surface area contributed by atoms with Crippen molar-refractivity contribution in [3.8, 4) is 0 Å². The molecule has 0 heterocycles. The van der Waals surface area contributed by atoms with Gasteiger partial charge in [-0.1, -0.05) is 12.1 Å². The molecule has 2 N–H and O–H groups in total. The molecule has 0 spiro atoms. The highest BCUT2D eigenvalue weighted by molar-refractivity contribution is 8.00. The smallest absolute Gasteiger partial charge is 0.152 e.